The van der Waals surface area contributed by atoms with Crippen LogP contribution < -0.4 is 10.6 Å². The van der Waals surface area contributed by atoms with E-state index in [-0.39, 0.29) is 23.8 Å². The smallest absolute Gasteiger partial charge is 0.307 e. The van der Waals surface area contributed by atoms with Crippen molar-refractivity contribution in [3.05, 3.63) is 0 Å². The van der Waals surface area contributed by atoms with Gasteiger partial charge in [0.1, 0.15) is 0 Å². The average molecular weight is 226 g/mol. The molecule has 5 heteroatoms. The number of hydrogen-bond donors (Lipinski definition) is 3. The maximum absolute atomic E-state index is 11.7. The Kier molecular flexibility index (Phi) is 3.43. The van der Waals surface area contributed by atoms with Gasteiger partial charge in [-0.15, -0.1) is 0 Å². The first-order valence-corrected chi connectivity index (χ1v) is 5.90. The van der Waals surface area contributed by atoms with Crippen molar-refractivity contribution in [3.63, 3.8) is 0 Å². The van der Waals surface area contributed by atoms with Crippen LogP contribution in [-0.4, -0.2) is 36.1 Å². The molecule has 1 heterocycles. The highest BCUT2D eigenvalue weighted by molar-refractivity contribution is 5.79. The number of carboxylic acids is 1. The van der Waals surface area contributed by atoms with Crippen molar-refractivity contribution in [1.82, 2.24) is 10.6 Å². The van der Waals surface area contributed by atoms with Crippen molar-refractivity contribution in [3.8, 4) is 0 Å². The van der Waals surface area contributed by atoms with E-state index in [1.807, 2.05) is 0 Å². The molecule has 2 aliphatic rings. The maximum Gasteiger partial charge on any atom is 0.307 e. The fraction of sp³-hybridized carbons (Fsp3) is 0.818. The summed E-state index contributed by atoms with van der Waals surface area (Å²) in [6.45, 7) is 1.19. The first-order valence-electron chi connectivity index (χ1n) is 5.90. The molecule has 0 spiro atoms. The van der Waals surface area contributed by atoms with E-state index in [4.69, 9.17) is 5.11 Å². The van der Waals surface area contributed by atoms with Crippen LogP contribution in [0.5, 0.6) is 0 Å². The predicted molar refractivity (Wildman–Crippen MR) is 57.9 cm³/mol. The Morgan fingerprint density at radius 3 is 2.50 bits per heavy atom. The van der Waals surface area contributed by atoms with Gasteiger partial charge in [-0.3, -0.25) is 9.59 Å². The average Bonchev–Trinajstić information content (AvgIpc) is 2.15. The van der Waals surface area contributed by atoms with Gasteiger partial charge in [-0.25, -0.2) is 0 Å². The molecule has 0 aromatic heterocycles. The van der Waals surface area contributed by atoms with Crippen LogP contribution in [0.25, 0.3) is 0 Å². The van der Waals surface area contributed by atoms with E-state index in [9.17, 15) is 9.59 Å². The molecule has 1 amide bonds. The molecule has 0 aromatic carbocycles. The SMILES string of the molecule is O=C(N[C@H]1CNC[C@@H](C(=O)O)C1)C1CCC1. The molecular weight excluding hydrogens is 208 g/mol. The van der Waals surface area contributed by atoms with Gasteiger partial charge < -0.3 is 15.7 Å². The zero-order chi connectivity index (χ0) is 11.5. The van der Waals surface area contributed by atoms with E-state index in [0.29, 0.717) is 19.5 Å². The molecule has 2 fully saturated rings. The molecule has 16 heavy (non-hydrogen) atoms. The van der Waals surface area contributed by atoms with Crippen molar-refractivity contribution in [2.45, 2.75) is 31.7 Å². The van der Waals surface area contributed by atoms with Crippen LogP contribution in [-0.2, 0) is 9.59 Å². The second-order valence-corrected chi connectivity index (χ2v) is 4.76. The number of aliphatic carboxylic acids is 1. The monoisotopic (exact) mass is 226 g/mol. The highest BCUT2D eigenvalue weighted by Gasteiger charge is 2.31. The lowest BCUT2D eigenvalue weighted by Gasteiger charge is -2.31. The minimum Gasteiger partial charge on any atom is -0.481 e. The standard InChI is InChI=1S/C11H18N2O3/c14-10(7-2-1-3-7)13-9-4-8(11(15)16)5-12-6-9/h7-9,12H,1-6H2,(H,13,14)(H,15,16)/t8-,9+/m0/s1. The first kappa shape index (κ1) is 11.4. The van der Waals surface area contributed by atoms with Gasteiger partial charge in [-0.2, -0.15) is 0 Å². The van der Waals surface area contributed by atoms with Gasteiger partial charge in [0.15, 0.2) is 0 Å². The number of amides is 1. The number of carbonyl (C=O) groups excluding carboxylic acids is 1. The van der Waals surface area contributed by atoms with Crippen molar-refractivity contribution in [2.24, 2.45) is 11.8 Å². The Bertz CT molecular complexity index is 289. The third-order valence-electron chi connectivity index (χ3n) is 3.52. The van der Waals surface area contributed by atoms with Gasteiger partial charge in [0, 0.05) is 25.0 Å². The fourth-order valence-electron chi connectivity index (χ4n) is 2.23. The summed E-state index contributed by atoms with van der Waals surface area (Å²) in [4.78, 5) is 22.5. The molecule has 1 saturated heterocycles. The van der Waals surface area contributed by atoms with E-state index < -0.39 is 5.97 Å². The number of carboxylic acid groups (broad SMARTS) is 1. The van der Waals surface area contributed by atoms with E-state index >= 15 is 0 Å². The molecule has 1 aliphatic heterocycles. The summed E-state index contributed by atoms with van der Waals surface area (Å²) in [7, 11) is 0. The van der Waals surface area contributed by atoms with Crippen LogP contribution in [0.15, 0.2) is 0 Å². The molecule has 90 valence electrons. The van der Waals surface area contributed by atoms with Gasteiger partial charge in [0.05, 0.1) is 5.92 Å². The van der Waals surface area contributed by atoms with Crippen molar-refractivity contribution >= 4 is 11.9 Å². The number of hydrogen-bond acceptors (Lipinski definition) is 3. The van der Waals surface area contributed by atoms with Crippen LogP contribution in [0.2, 0.25) is 0 Å². The Morgan fingerprint density at radius 1 is 1.19 bits per heavy atom. The second-order valence-electron chi connectivity index (χ2n) is 4.76. The highest BCUT2D eigenvalue weighted by Crippen LogP contribution is 2.26. The molecule has 1 aliphatic carbocycles. The summed E-state index contributed by atoms with van der Waals surface area (Å²) in [6, 6.07) is -0.0250. The molecule has 0 unspecified atom stereocenters. The van der Waals surface area contributed by atoms with Gasteiger partial charge in [0.25, 0.3) is 0 Å². The Balaban J connectivity index is 1.80. The van der Waals surface area contributed by atoms with Crippen molar-refractivity contribution < 1.29 is 14.7 Å². The fourth-order valence-corrected chi connectivity index (χ4v) is 2.23. The molecule has 0 radical (unpaired) electrons. The molecule has 1 saturated carbocycles. The molecule has 0 aromatic rings. The first-order chi connectivity index (χ1) is 7.66. The Hall–Kier alpha value is -1.10. The lowest BCUT2D eigenvalue weighted by atomic mass is 9.84. The number of piperidine rings is 1. The van der Waals surface area contributed by atoms with Crippen molar-refractivity contribution in [2.75, 3.05) is 13.1 Å². The van der Waals surface area contributed by atoms with E-state index in [0.717, 1.165) is 19.3 Å². The highest BCUT2D eigenvalue weighted by atomic mass is 16.4. The summed E-state index contributed by atoms with van der Waals surface area (Å²) in [5.41, 5.74) is 0. The summed E-state index contributed by atoms with van der Waals surface area (Å²) < 4.78 is 0. The molecule has 5 nitrogen and oxygen atoms in total. The van der Waals surface area contributed by atoms with Crippen LogP contribution in [0.3, 0.4) is 0 Å². The predicted octanol–water partition coefficient (Wildman–Crippen LogP) is -0.0346. The van der Waals surface area contributed by atoms with E-state index in [1.165, 1.54) is 0 Å². The summed E-state index contributed by atoms with van der Waals surface area (Å²) in [6.07, 6.45) is 3.64. The number of rotatable bonds is 3. The number of nitrogens with one attached hydrogen (secondary N) is 2. The zero-order valence-corrected chi connectivity index (χ0v) is 9.24. The normalized spacial score (nSPS) is 30.5. The Morgan fingerprint density at radius 2 is 1.94 bits per heavy atom. The topological polar surface area (TPSA) is 78.4 Å². The van der Waals surface area contributed by atoms with Gasteiger partial charge >= 0.3 is 5.97 Å². The van der Waals surface area contributed by atoms with Gasteiger partial charge in [-0.05, 0) is 19.3 Å². The lowest BCUT2D eigenvalue weighted by Crippen LogP contribution is -2.52. The molecular formula is C11H18N2O3. The molecule has 3 N–H and O–H groups in total. The summed E-state index contributed by atoms with van der Waals surface area (Å²) in [5, 5.41) is 14.9. The summed E-state index contributed by atoms with van der Waals surface area (Å²) in [5.74, 6) is -0.884. The molecule has 2 rings (SSSR count). The van der Waals surface area contributed by atoms with Crippen LogP contribution >= 0.6 is 0 Å². The van der Waals surface area contributed by atoms with E-state index in [1.54, 1.807) is 0 Å². The third-order valence-corrected chi connectivity index (χ3v) is 3.52. The zero-order valence-electron chi connectivity index (χ0n) is 9.24. The minimum atomic E-state index is -0.782. The third kappa shape index (κ3) is 2.52. The van der Waals surface area contributed by atoms with Gasteiger partial charge in [0.2, 0.25) is 5.91 Å². The van der Waals surface area contributed by atoms with Crippen LogP contribution in [0.1, 0.15) is 25.7 Å². The second kappa shape index (κ2) is 4.82. The molecule has 2 atom stereocenters. The quantitative estimate of drug-likeness (QED) is 0.631. The van der Waals surface area contributed by atoms with Crippen LogP contribution in [0, 0.1) is 11.8 Å². The lowest BCUT2D eigenvalue weighted by molar-refractivity contribution is -0.143. The van der Waals surface area contributed by atoms with Gasteiger partial charge in [-0.1, -0.05) is 6.42 Å². The maximum atomic E-state index is 11.7. The largest absolute Gasteiger partial charge is 0.481 e. The van der Waals surface area contributed by atoms with E-state index in [2.05, 4.69) is 10.6 Å². The Labute approximate surface area is 94.6 Å². The van der Waals surface area contributed by atoms with Crippen molar-refractivity contribution in [1.29, 1.82) is 0 Å². The molecule has 0 bridgehead atoms. The number of carbonyl (C=O) groups is 2. The van der Waals surface area contributed by atoms with Crippen LogP contribution in [0.4, 0.5) is 0 Å². The minimum absolute atomic E-state index is 0.0250. The summed E-state index contributed by atoms with van der Waals surface area (Å²) >= 11 is 0.